The van der Waals surface area contributed by atoms with Crippen molar-refractivity contribution in [1.82, 2.24) is 4.90 Å². The Bertz CT molecular complexity index is 768. The second-order valence-corrected chi connectivity index (χ2v) is 5.90. The Balaban J connectivity index is 1.73. The monoisotopic (exact) mass is 337 g/mol. The first kappa shape index (κ1) is 17.1. The van der Waals surface area contributed by atoms with Crippen molar-refractivity contribution in [2.75, 3.05) is 26.8 Å². The van der Waals surface area contributed by atoms with Crippen LogP contribution in [0, 0.1) is 0 Å². The summed E-state index contributed by atoms with van der Waals surface area (Å²) in [4.78, 5) is 14.6. The SMILES string of the molecule is CCOc1ccc(C(=O)N2CC=C(c3ccccc3)CC2)cc1OC. The molecule has 4 heteroatoms. The second kappa shape index (κ2) is 7.88. The van der Waals surface area contributed by atoms with Crippen molar-refractivity contribution in [1.29, 1.82) is 0 Å². The van der Waals surface area contributed by atoms with Gasteiger partial charge in [-0.25, -0.2) is 0 Å². The minimum absolute atomic E-state index is 0.0183. The predicted octanol–water partition coefficient (Wildman–Crippen LogP) is 4.02. The molecule has 0 radical (unpaired) electrons. The molecule has 1 aliphatic rings. The molecule has 0 atom stereocenters. The first-order chi connectivity index (χ1) is 12.2. The summed E-state index contributed by atoms with van der Waals surface area (Å²) >= 11 is 0. The van der Waals surface area contributed by atoms with Crippen LogP contribution in [-0.4, -0.2) is 37.6 Å². The number of benzene rings is 2. The minimum atomic E-state index is 0.0183. The highest BCUT2D eigenvalue weighted by atomic mass is 16.5. The van der Waals surface area contributed by atoms with Crippen molar-refractivity contribution in [3.63, 3.8) is 0 Å². The maximum absolute atomic E-state index is 12.8. The van der Waals surface area contributed by atoms with Crippen LogP contribution in [0.1, 0.15) is 29.3 Å². The van der Waals surface area contributed by atoms with Crippen LogP contribution in [-0.2, 0) is 0 Å². The third-order valence-corrected chi connectivity index (χ3v) is 4.35. The number of nitrogens with zero attached hydrogens (tertiary/aromatic N) is 1. The molecule has 1 heterocycles. The van der Waals surface area contributed by atoms with Gasteiger partial charge in [0.05, 0.1) is 13.7 Å². The quantitative estimate of drug-likeness (QED) is 0.827. The summed E-state index contributed by atoms with van der Waals surface area (Å²) in [6.07, 6.45) is 3.01. The van der Waals surface area contributed by atoms with Gasteiger partial charge in [0.25, 0.3) is 5.91 Å². The lowest BCUT2D eigenvalue weighted by atomic mass is 9.99. The summed E-state index contributed by atoms with van der Waals surface area (Å²) in [6, 6.07) is 15.7. The third-order valence-electron chi connectivity index (χ3n) is 4.35. The average Bonchev–Trinajstić information content (AvgIpc) is 2.69. The summed E-state index contributed by atoms with van der Waals surface area (Å²) < 4.78 is 10.9. The van der Waals surface area contributed by atoms with Crippen LogP contribution in [0.4, 0.5) is 0 Å². The van der Waals surface area contributed by atoms with Crippen molar-refractivity contribution in [2.45, 2.75) is 13.3 Å². The fraction of sp³-hybridized carbons (Fsp3) is 0.286. The van der Waals surface area contributed by atoms with Gasteiger partial charge in [-0.3, -0.25) is 4.79 Å². The number of ether oxygens (including phenoxy) is 2. The minimum Gasteiger partial charge on any atom is -0.493 e. The summed E-state index contributed by atoms with van der Waals surface area (Å²) in [5, 5.41) is 0. The predicted molar refractivity (Wildman–Crippen MR) is 99.1 cm³/mol. The van der Waals surface area contributed by atoms with Crippen LogP contribution in [0.25, 0.3) is 5.57 Å². The van der Waals surface area contributed by atoms with Gasteiger partial charge >= 0.3 is 0 Å². The molecule has 4 nitrogen and oxygen atoms in total. The topological polar surface area (TPSA) is 38.8 Å². The molecule has 0 spiro atoms. The van der Waals surface area contributed by atoms with E-state index in [1.165, 1.54) is 11.1 Å². The van der Waals surface area contributed by atoms with E-state index in [1.54, 1.807) is 25.3 Å². The van der Waals surface area contributed by atoms with Crippen LogP contribution in [0.3, 0.4) is 0 Å². The molecule has 130 valence electrons. The van der Waals surface area contributed by atoms with Gasteiger partial charge in [0.15, 0.2) is 11.5 Å². The number of methoxy groups -OCH3 is 1. The van der Waals surface area contributed by atoms with E-state index in [0.29, 0.717) is 30.2 Å². The lowest BCUT2D eigenvalue weighted by Crippen LogP contribution is -2.34. The van der Waals surface area contributed by atoms with Crippen LogP contribution in [0.15, 0.2) is 54.6 Å². The van der Waals surface area contributed by atoms with Crippen molar-refractivity contribution in [3.8, 4) is 11.5 Å². The van der Waals surface area contributed by atoms with Crippen LogP contribution >= 0.6 is 0 Å². The number of amides is 1. The molecular formula is C21H23NO3. The Kier molecular flexibility index (Phi) is 5.39. The molecule has 1 amide bonds. The average molecular weight is 337 g/mol. The van der Waals surface area contributed by atoms with Gasteiger partial charge in [-0.2, -0.15) is 0 Å². The van der Waals surface area contributed by atoms with E-state index in [9.17, 15) is 4.79 Å². The first-order valence-corrected chi connectivity index (χ1v) is 8.57. The third kappa shape index (κ3) is 3.85. The molecule has 25 heavy (non-hydrogen) atoms. The maximum atomic E-state index is 12.8. The molecule has 0 aromatic heterocycles. The summed E-state index contributed by atoms with van der Waals surface area (Å²) in [6.45, 7) is 3.82. The van der Waals surface area contributed by atoms with E-state index in [1.807, 2.05) is 30.0 Å². The fourth-order valence-electron chi connectivity index (χ4n) is 3.03. The largest absolute Gasteiger partial charge is 0.493 e. The number of rotatable bonds is 5. The Morgan fingerprint density at radius 3 is 2.56 bits per heavy atom. The van der Waals surface area contributed by atoms with Crippen LogP contribution in [0.5, 0.6) is 11.5 Å². The number of carbonyl (C=O) groups is 1. The smallest absolute Gasteiger partial charge is 0.254 e. The summed E-state index contributed by atoms with van der Waals surface area (Å²) in [7, 11) is 1.59. The van der Waals surface area contributed by atoms with Gasteiger partial charge in [0, 0.05) is 18.7 Å². The Labute approximate surface area is 148 Å². The maximum Gasteiger partial charge on any atom is 0.254 e. The van der Waals surface area contributed by atoms with Crippen LogP contribution in [0.2, 0.25) is 0 Å². The zero-order valence-corrected chi connectivity index (χ0v) is 14.7. The standard InChI is InChI=1S/C21H23NO3/c1-3-25-19-10-9-18(15-20(19)24-2)21(23)22-13-11-17(12-14-22)16-7-5-4-6-8-16/h4-11,15H,3,12-14H2,1-2H3. The number of hydrogen-bond donors (Lipinski definition) is 0. The van der Waals surface area contributed by atoms with Gasteiger partial charge in [-0.1, -0.05) is 36.4 Å². The van der Waals surface area contributed by atoms with E-state index < -0.39 is 0 Å². The van der Waals surface area contributed by atoms with E-state index in [2.05, 4.69) is 18.2 Å². The molecule has 0 bridgehead atoms. The molecule has 2 aromatic carbocycles. The fourth-order valence-corrected chi connectivity index (χ4v) is 3.03. The molecule has 0 aliphatic carbocycles. The molecule has 3 rings (SSSR count). The summed E-state index contributed by atoms with van der Waals surface area (Å²) in [5.41, 5.74) is 3.16. The Morgan fingerprint density at radius 2 is 1.92 bits per heavy atom. The lowest BCUT2D eigenvalue weighted by Gasteiger charge is -2.27. The molecule has 0 unspecified atom stereocenters. The first-order valence-electron chi connectivity index (χ1n) is 8.57. The Hall–Kier alpha value is -2.75. The van der Waals surface area contributed by atoms with Gasteiger partial charge in [0.2, 0.25) is 0 Å². The van der Waals surface area contributed by atoms with E-state index in [4.69, 9.17) is 9.47 Å². The molecule has 0 saturated carbocycles. The number of hydrogen-bond acceptors (Lipinski definition) is 3. The highest BCUT2D eigenvalue weighted by Gasteiger charge is 2.20. The van der Waals surface area contributed by atoms with Gasteiger partial charge in [-0.15, -0.1) is 0 Å². The molecular weight excluding hydrogens is 314 g/mol. The molecule has 0 N–H and O–H groups in total. The van der Waals surface area contributed by atoms with Gasteiger partial charge in [0.1, 0.15) is 0 Å². The lowest BCUT2D eigenvalue weighted by molar-refractivity contribution is 0.0772. The van der Waals surface area contributed by atoms with Crippen molar-refractivity contribution < 1.29 is 14.3 Å². The Morgan fingerprint density at radius 1 is 1.12 bits per heavy atom. The van der Waals surface area contributed by atoms with Crippen molar-refractivity contribution >= 4 is 11.5 Å². The van der Waals surface area contributed by atoms with E-state index >= 15 is 0 Å². The van der Waals surface area contributed by atoms with E-state index in [0.717, 1.165) is 13.0 Å². The molecule has 0 fully saturated rings. The van der Waals surface area contributed by atoms with Crippen molar-refractivity contribution in [2.24, 2.45) is 0 Å². The van der Waals surface area contributed by atoms with E-state index in [-0.39, 0.29) is 5.91 Å². The normalized spacial score (nSPS) is 14.0. The molecule has 2 aromatic rings. The van der Waals surface area contributed by atoms with Crippen molar-refractivity contribution in [3.05, 3.63) is 65.7 Å². The summed E-state index contributed by atoms with van der Waals surface area (Å²) in [5.74, 6) is 1.27. The second-order valence-electron chi connectivity index (χ2n) is 5.90. The van der Waals surface area contributed by atoms with Gasteiger partial charge in [-0.05, 0) is 42.7 Å². The zero-order valence-electron chi connectivity index (χ0n) is 14.7. The zero-order chi connectivity index (χ0) is 17.6. The number of carbonyl (C=O) groups excluding carboxylic acids is 1. The molecule has 0 saturated heterocycles. The van der Waals surface area contributed by atoms with Gasteiger partial charge < -0.3 is 14.4 Å². The van der Waals surface area contributed by atoms with Crippen LogP contribution < -0.4 is 9.47 Å². The molecule has 1 aliphatic heterocycles. The highest BCUT2D eigenvalue weighted by molar-refractivity contribution is 5.95. The highest BCUT2D eigenvalue weighted by Crippen LogP contribution is 2.29.